The van der Waals surface area contributed by atoms with E-state index in [2.05, 4.69) is 16.0 Å². The van der Waals surface area contributed by atoms with Crippen molar-refractivity contribution in [1.29, 1.82) is 0 Å². The van der Waals surface area contributed by atoms with E-state index < -0.39 is 109 Å². The van der Waals surface area contributed by atoms with Crippen LogP contribution in [-0.4, -0.2) is 146 Å². The molecular formula is C49H58N4O16. The van der Waals surface area contributed by atoms with Gasteiger partial charge < -0.3 is 68.4 Å². The van der Waals surface area contributed by atoms with E-state index in [9.17, 15) is 29.1 Å². The van der Waals surface area contributed by atoms with Gasteiger partial charge in [0.1, 0.15) is 49.7 Å². The molecule has 1 aliphatic carbocycles. The molecule has 20 nitrogen and oxygen atoms in total. The number of nitrogens with zero attached hydrogens (tertiary/aromatic N) is 1. The molecule has 0 radical (unpaired) electrons. The van der Waals surface area contributed by atoms with Crippen molar-refractivity contribution in [2.45, 2.75) is 125 Å². The summed E-state index contributed by atoms with van der Waals surface area (Å²) < 4.78 is 61.2. The lowest BCUT2D eigenvalue weighted by molar-refractivity contribution is -0.362. The predicted octanol–water partition coefficient (Wildman–Crippen LogP) is 3.53. The van der Waals surface area contributed by atoms with Crippen LogP contribution in [0, 0.1) is 11.8 Å². The second-order valence-electron chi connectivity index (χ2n) is 18.6. The zero-order valence-corrected chi connectivity index (χ0v) is 38.4. The third-order valence-corrected chi connectivity index (χ3v) is 13.8. The lowest BCUT2D eigenvalue weighted by Crippen LogP contribution is -2.70. The Morgan fingerprint density at radius 1 is 0.783 bits per heavy atom. The number of alkyl carbamates (subject to hydrolysis) is 2. The van der Waals surface area contributed by atoms with E-state index in [0.29, 0.717) is 12.0 Å². The minimum absolute atomic E-state index is 0.00719. The Labute approximate surface area is 398 Å². The maximum Gasteiger partial charge on any atom is 0.410 e. The van der Waals surface area contributed by atoms with Crippen molar-refractivity contribution < 1.29 is 76.4 Å². The zero-order chi connectivity index (χ0) is 48.2. The molecule has 5 heterocycles. The van der Waals surface area contributed by atoms with Gasteiger partial charge in [-0.2, -0.15) is 0 Å². The first-order chi connectivity index (χ1) is 33.3. The summed E-state index contributed by atoms with van der Waals surface area (Å²) in [5.74, 6) is -1.94. The van der Waals surface area contributed by atoms with Gasteiger partial charge in [-0.25, -0.2) is 19.2 Å². The average molecular weight is 959 g/mol. The molecule has 5 aliphatic heterocycles. The van der Waals surface area contributed by atoms with Gasteiger partial charge in [-0.1, -0.05) is 92.7 Å². The molecule has 370 valence electrons. The van der Waals surface area contributed by atoms with E-state index in [1.807, 2.05) is 67.6 Å². The lowest BCUT2D eigenvalue weighted by atomic mass is 9.78. The minimum atomic E-state index is -1.23. The van der Waals surface area contributed by atoms with Crippen molar-refractivity contribution in [2.24, 2.45) is 11.8 Å². The monoisotopic (exact) mass is 958 g/mol. The van der Waals surface area contributed by atoms with E-state index in [4.69, 9.17) is 47.4 Å². The summed E-state index contributed by atoms with van der Waals surface area (Å²) >= 11 is 0. The standard InChI is InChI=1S/C49H58N4O16/c1-27-19-34-41(42-38(53(3)48(59)69-42)45(64-34)66-37-21-35(65-43(56)31-17-11-6-12-18-31)49(26-63-37)25-60-24-36(54)52-49)68-44(27)67-40-33(51-47(58)62-23-30-15-9-5-10-16-30)20-32(28(2)39(40)55)50-46(57)61-22-29-13-7-4-8-14-29/h4-18,27-28,32-35,37-42,44-45,55H,19-26H2,1-3H3,(H,50,57)(H,51,58)(H,52,54)/t27?,28?,32-,33?,34+,35-,37-,38?,39-,40-,41?,42?,44+,45?,49?/m1/s1. The number of likely N-dealkylation sites (N-methyl/N-ethyl adjacent to an activating group) is 1. The molecule has 9 rings (SSSR count). The SMILES string of the molecule is CC1C[C@@H]2OC(O[C@@H]3C[C@@H](OC(=O)c4ccccc4)C4(COCC(=O)N4)CO3)C3C(OC(=O)N3C)C2O[C@@H]1O[C@@H]1C(NC(=O)OCc2ccccc2)C[C@@H](NC(=O)OCc2ccccc2)C(C)[C@H]1O. The Bertz CT molecular complexity index is 2280. The summed E-state index contributed by atoms with van der Waals surface area (Å²) in [4.78, 5) is 67.0. The van der Waals surface area contributed by atoms with Crippen LogP contribution in [0.3, 0.4) is 0 Å². The number of carbonyl (C=O) groups is 5. The number of fused-ring (bicyclic) bond motifs is 3. The van der Waals surface area contributed by atoms with E-state index in [0.717, 1.165) is 11.1 Å². The number of morpholine rings is 1. The van der Waals surface area contributed by atoms with Crippen molar-refractivity contribution in [3.05, 3.63) is 108 Å². The van der Waals surface area contributed by atoms with Gasteiger partial charge in [0, 0.05) is 31.3 Å². The maximum atomic E-state index is 13.4. The van der Waals surface area contributed by atoms with E-state index in [-0.39, 0.29) is 57.7 Å². The summed E-state index contributed by atoms with van der Waals surface area (Å²) in [6, 6.07) is 24.5. The number of aliphatic hydroxyl groups is 1. The Morgan fingerprint density at radius 3 is 2.07 bits per heavy atom. The highest BCUT2D eigenvalue weighted by Crippen LogP contribution is 2.43. The number of nitrogens with one attached hydrogen (secondary N) is 3. The molecule has 0 aromatic heterocycles. The zero-order valence-electron chi connectivity index (χ0n) is 38.4. The fourth-order valence-corrected chi connectivity index (χ4v) is 9.95. The second-order valence-corrected chi connectivity index (χ2v) is 18.6. The number of aliphatic hydroxyl groups excluding tert-OH is 1. The van der Waals surface area contributed by atoms with Crippen LogP contribution in [0.25, 0.3) is 0 Å². The van der Waals surface area contributed by atoms with Crippen LogP contribution in [0.5, 0.6) is 0 Å². The van der Waals surface area contributed by atoms with Crippen molar-refractivity contribution in [1.82, 2.24) is 20.9 Å². The van der Waals surface area contributed by atoms with E-state index in [1.165, 1.54) is 4.90 Å². The Kier molecular flexibility index (Phi) is 14.7. The molecule has 1 saturated carbocycles. The molecule has 6 fully saturated rings. The molecule has 0 bridgehead atoms. The van der Waals surface area contributed by atoms with Gasteiger partial charge in [-0.3, -0.25) is 9.69 Å². The summed E-state index contributed by atoms with van der Waals surface area (Å²) in [5, 5.41) is 20.6. The van der Waals surface area contributed by atoms with Gasteiger partial charge in [0.25, 0.3) is 0 Å². The second kappa shape index (κ2) is 21.0. The highest BCUT2D eigenvalue weighted by atomic mass is 16.8. The molecule has 5 saturated heterocycles. The molecule has 20 heteroatoms. The highest BCUT2D eigenvalue weighted by Gasteiger charge is 2.61. The molecule has 15 atom stereocenters. The number of rotatable bonds is 12. The first-order valence-corrected chi connectivity index (χ1v) is 23.3. The molecule has 6 aliphatic rings. The number of hydrogen-bond donors (Lipinski definition) is 4. The van der Waals surface area contributed by atoms with Crippen LogP contribution >= 0.6 is 0 Å². The van der Waals surface area contributed by atoms with Crippen LogP contribution in [0.4, 0.5) is 14.4 Å². The summed E-state index contributed by atoms with van der Waals surface area (Å²) in [7, 11) is 1.55. The third-order valence-electron chi connectivity index (χ3n) is 13.8. The predicted molar refractivity (Wildman–Crippen MR) is 237 cm³/mol. The fourth-order valence-electron chi connectivity index (χ4n) is 9.95. The third kappa shape index (κ3) is 10.8. The molecule has 1 spiro atoms. The van der Waals surface area contributed by atoms with Crippen LogP contribution in [0.2, 0.25) is 0 Å². The van der Waals surface area contributed by atoms with Crippen molar-refractivity contribution in [3.63, 3.8) is 0 Å². The van der Waals surface area contributed by atoms with Gasteiger partial charge in [0.05, 0.1) is 37.0 Å². The van der Waals surface area contributed by atoms with Crippen molar-refractivity contribution in [2.75, 3.05) is 26.9 Å². The Balaban J connectivity index is 0.884. The summed E-state index contributed by atoms with van der Waals surface area (Å²) in [6.07, 6.45) is -10.4. The maximum absolute atomic E-state index is 13.4. The quantitative estimate of drug-likeness (QED) is 0.150. The number of carbonyl (C=O) groups excluding carboxylic acids is 5. The van der Waals surface area contributed by atoms with Crippen LogP contribution in [0.1, 0.15) is 54.6 Å². The van der Waals surface area contributed by atoms with Crippen molar-refractivity contribution in [3.8, 4) is 0 Å². The number of esters is 1. The van der Waals surface area contributed by atoms with Crippen LogP contribution in [-0.2, 0) is 65.4 Å². The van der Waals surface area contributed by atoms with Gasteiger partial charge >= 0.3 is 24.2 Å². The lowest BCUT2D eigenvalue weighted by Gasteiger charge is -2.51. The smallest absolute Gasteiger partial charge is 0.410 e. The number of amides is 4. The Hall–Kier alpha value is -5.87. The van der Waals surface area contributed by atoms with Gasteiger partial charge in [-0.05, 0) is 36.1 Å². The summed E-state index contributed by atoms with van der Waals surface area (Å²) in [6.45, 7) is 3.45. The van der Waals surface area contributed by atoms with Crippen LogP contribution in [0.15, 0.2) is 91.0 Å². The molecule has 4 N–H and O–H groups in total. The fraction of sp³-hybridized carbons (Fsp3) is 0.531. The van der Waals surface area contributed by atoms with E-state index >= 15 is 0 Å². The molecule has 3 aromatic rings. The van der Waals surface area contributed by atoms with Crippen LogP contribution < -0.4 is 16.0 Å². The Morgan fingerprint density at radius 2 is 1.42 bits per heavy atom. The number of hydrogen-bond acceptors (Lipinski definition) is 16. The molecule has 3 aromatic carbocycles. The number of benzene rings is 3. The van der Waals surface area contributed by atoms with Gasteiger partial charge in [0.2, 0.25) is 5.91 Å². The van der Waals surface area contributed by atoms with Crippen molar-refractivity contribution >= 4 is 30.2 Å². The highest BCUT2D eigenvalue weighted by molar-refractivity contribution is 5.89. The molecule has 8 unspecified atom stereocenters. The molecule has 4 amide bonds. The normalized spacial score (nSPS) is 35.1. The first-order valence-electron chi connectivity index (χ1n) is 23.3. The number of ether oxygens (including phenoxy) is 10. The largest absolute Gasteiger partial charge is 0.456 e. The van der Waals surface area contributed by atoms with Gasteiger partial charge in [0.15, 0.2) is 25.0 Å². The van der Waals surface area contributed by atoms with Gasteiger partial charge in [-0.15, -0.1) is 0 Å². The van der Waals surface area contributed by atoms with E-state index in [1.54, 1.807) is 44.3 Å². The minimum Gasteiger partial charge on any atom is -0.456 e. The summed E-state index contributed by atoms with van der Waals surface area (Å²) in [5.41, 5.74) is 0.710. The average Bonchev–Trinajstić information content (AvgIpc) is 3.66. The molecular weight excluding hydrogens is 901 g/mol. The first kappa shape index (κ1) is 48.2. The topological polar surface area (TPSA) is 237 Å². The molecule has 69 heavy (non-hydrogen) atoms.